The largest absolute Gasteiger partial charge is 0.497 e. The standard InChI is InChI=1S/C22H29NO3/c1-5-17-6-10-20(11-7-17)26-15-22(24)23-21(14-16(2)3)18-8-12-19(25-4)13-9-18/h6-13,16,21H,5,14-15H2,1-4H3,(H,23,24). The van der Waals surface area contributed by atoms with E-state index in [9.17, 15) is 4.79 Å². The number of hydrogen-bond donors (Lipinski definition) is 1. The second kappa shape index (κ2) is 9.85. The zero-order valence-electron chi connectivity index (χ0n) is 16.1. The lowest BCUT2D eigenvalue weighted by Crippen LogP contribution is -2.33. The minimum atomic E-state index is -0.119. The average Bonchev–Trinajstić information content (AvgIpc) is 2.66. The van der Waals surface area contributed by atoms with Crippen LogP contribution in [0, 0.1) is 5.92 Å². The molecule has 26 heavy (non-hydrogen) atoms. The summed E-state index contributed by atoms with van der Waals surface area (Å²) in [6.07, 6.45) is 1.85. The van der Waals surface area contributed by atoms with Crippen LogP contribution < -0.4 is 14.8 Å². The molecule has 1 atom stereocenters. The van der Waals surface area contributed by atoms with E-state index >= 15 is 0 Å². The fraction of sp³-hybridized carbons (Fsp3) is 0.409. The molecule has 4 heteroatoms. The molecule has 0 bridgehead atoms. The molecule has 4 nitrogen and oxygen atoms in total. The van der Waals surface area contributed by atoms with Crippen molar-refractivity contribution in [2.24, 2.45) is 5.92 Å². The SMILES string of the molecule is CCc1ccc(OCC(=O)NC(CC(C)C)c2ccc(OC)cc2)cc1. The second-order valence-electron chi connectivity index (χ2n) is 6.81. The first-order valence-electron chi connectivity index (χ1n) is 9.16. The molecule has 1 N–H and O–H groups in total. The van der Waals surface area contributed by atoms with E-state index in [0.717, 1.165) is 24.2 Å². The lowest BCUT2D eigenvalue weighted by Gasteiger charge is -2.21. The maximum absolute atomic E-state index is 12.4. The fourth-order valence-electron chi connectivity index (χ4n) is 2.79. The maximum Gasteiger partial charge on any atom is 0.258 e. The van der Waals surface area contributed by atoms with Crippen LogP contribution in [0.25, 0.3) is 0 Å². The van der Waals surface area contributed by atoms with Gasteiger partial charge in [-0.1, -0.05) is 45.0 Å². The summed E-state index contributed by atoms with van der Waals surface area (Å²) in [6, 6.07) is 15.6. The zero-order valence-corrected chi connectivity index (χ0v) is 16.1. The van der Waals surface area contributed by atoms with Gasteiger partial charge >= 0.3 is 0 Å². The fourth-order valence-corrected chi connectivity index (χ4v) is 2.79. The number of rotatable bonds is 9. The van der Waals surface area contributed by atoms with Crippen molar-refractivity contribution in [1.29, 1.82) is 0 Å². The Hall–Kier alpha value is -2.49. The third kappa shape index (κ3) is 6.10. The summed E-state index contributed by atoms with van der Waals surface area (Å²) >= 11 is 0. The maximum atomic E-state index is 12.4. The van der Waals surface area contributed by atoms with Crippen molar-refractivity contribution in [2.45, 2.75) is 39.7 Å². The predicted molar refractivity (Wildman–Crippen MR) is 105 cm³/mol. The molecule has 0 heterocycles. The van der Waals surface area contributed by atoms with Gasteiger partial charge in [0.2, 0.25) is 0 Å². The van der Waals surface area contributed by atoms with Crippen LogP contribution in [0.3, 0.4) is 0 Å². The molecule has 1 unspecified atom stereocenters. The quantitative estimate of drug-likeness (QED) is 0.718. The minimum absolute atomic E-state index is 0.0101. The molecule has 0 aliphatic rings. The number of nitrogens with one attached hydrogen (secondary N) is 1. The molecule has 0 aliphatic carbocycles. The molecular weight excluding hydrogens is 326 g/mol. The van der Waals surface area contributed by atoms with E-state index in [4.69, 9.17) is 9.47 Å². The van der Waals surface area contributed by atoms with Crippen molar-refractivity contribution < 1.29 is 14.3 Å². The summed E-state index contributed by atoms with van der Waals surface area (Å²) < 4.78 is 10.8. The first-order chi connectivity index (χ1) is 12.5. The highest BCUT2D eigenvalue weighted by atomic mass is 16.5. The Morgan fingerprint density at radius 2 is 1.62 bits per heavy atom. The Balaban J connectivity index is 1.96. The topological polar surface area (TPSA) is 47.6 Å². The van der Waals surface area contributed by atoms with E-state index in [-0.39, 0.29) is 18.6 Å². The van der Waals surface area contributed by atoms with Crippen LogP contribution in [-0.4, -0.2) is 19.6 Å². The Morgan fingerprint density at radius 1 is 1.00 bits per heavy atom. The lowest BCUT2D eigenvalue weighted by atomic mass is 9.97. The van der Waals surface area contributed by atoms with E-state index in [1.165, 1.54) is 5.56 Å². The Bertz CT molecular complexity index is 678. The average molecular weight is 355 g/mol. The van der Waals surface area contributed by atoms with Gasteiger partial charge < -0.3 is 14.8 Å². The van der Waals surface area contributed by atoms with Crippen LogP contribution in [-0.2, 0) is 11.2 Å². The molecule has 0 radical (unpaired) electrons. The highest BCUT2D eigenvalue weighted by Crippen LogP contribution is 2.23. The van der Waals surface area contributed by atoms with Gasteiger partial charge in [-0.15, -0.1) is 0 Å². The molecular formula is C22H29NO3. The van der Waals surface area contributed by atoms with Gasteiger partial charge in [-0.25, -0.2) is 0 Å². The molecule has 0 aliphatic heterocycles. The third-order valence-corrected chi connectivity index (χ3v) is 4.26. The van der Waals surface area contributed by atoms with Crippen LogP contribution in [0.2, 0.25) is 0 Å². The zero-order chi connectivity index (χ0) is 18.9. The molecule has 0 fully saturated rings. The van der Waals surface area contributed by atoms with E-state index in [0.29, 0.717) is 11.7 Å². The third-order valence-electron chi connectivity index (χ3n) is 4.26. The van der Waals surface area contributed by atoms with Crippen molar-refractivity contribution in [2.75, 3.05) is 13.7 Å². The number of carbonyl (C=O) groups is 1. The van der Waals surface area contributed by atoms with Crippen molar-refractivity contribution >= 4 is 5.91 Å². The number of aryl methyl sites for hydroxylation is 1. The molecule has 2 aromatic carbocycles. The van der Waals surface area contributed by atoms with Crippen LogP contribution in [0.4, 0.5) is 0 Å². The molecule has 140 valence electrons. The lowest BCUT2D eigenvalue weighted by molar-refractivity contribution is -0.124. The van der Waals surface area contributed by atoms with E-state index in [2.05, 4.69) is 26.1 Å². The number of amides is 1. The van der Waals surface area contributed by atoms with Gasteiger partial charge in [0.15, 0.2) is 6.61 Å². The van der Waals surface area contributed by atoms with Crippen LogP contribution in [0.5, 0.6) is 11.5 Å². The summed E-state index contributed by atoms with van der Waals surface area (Å²) in [5.41, 5.74) is 2.32. The van der Waals surface area contributed by atoms with Gasteiger partial charge in [0.05, 0.1) is 13.2 Å². The first-order valence-corrected chi connectivity index (χ1v) is 9.16. The van der Waals surface area contributed by atoms with E-state index in [1.807, 2.05) is 48.5 Å². The van der Waals surface area contributed by atoms with Crippen LogP contribution in [0.1, 0.15) is 44.4 Å². The number of ether oxygens (including phenoxy) is 2. The number of carbonyl (C=O) groups excluding carboxylic acids is 1. The Morgan fingerprint density at radius 3 is 2.15 bits per heavy atom. The van der Waals surface area contributed by atoms with Crippen LogP contribution >= 0.6 is 0 Å². The van der Waals surface area contributed by atoms with Crippen molar-refractivity contribution in [3.8, 4) is 11.5 Å². The summed E-state index contributed by atoms with van der Waals surface area (Å²) in [5, 5.41) is 3.09. The van der Waals surface area contributed by atoms with E-state index < -0.39 is 0 Å². The molecule has 0 saturated heterocycles. The van der Waals surface area contributed by atoms with Gasteiger partial charge in [-0.2, -0.15) is 0 Å². The van der Waals surface area contributed by atoms with Gasteiger partial charge in [0, 0.05) is 0 Å². The summed E-state index contributed by atoms with van der Waals surface area (Å²) in [4.78, 5) is 12.4. The summed E-state index contributed by atoms with van der Waals surface area (Å²) in [5.74, 6) is 1.86. The highest BCUT2D eigenvalue weighted by Gasteiger charge is 2.16. The molecule has 1 amide bonds. The van der Waals surface area contributed by atoms with Gasteiger partial charge in [-0.3, -0.25) is 4.79 Å². The number of hydrogen-bond acceptors (Lipinski definition) is 3. The number of benzene rings is 2. The van der Waals surface area contributed by atoms with Gasteiger partial charge in [0.1, 0.15) is 11.5 Å². The number of methoxy groups -OCH3 is 1. The molecule has 0 saturated carbocycles. The Labute approximate surface area is 156 Å². The smallest absolute Gasteiger partial charge is 0.258 e. The van der Waals surface area contributed by atoms with Gasteiger partial charge in [-0.05, 0) is 54.2 Å². The predicted octanol–water partition coefficient (Wildman–Crippen LogP) is 4.54. The minimum Gasteiger partial charge on any atom is -0.497 e. The molecule has 0 aromatic heterocycles. The first kappa shape index (κ1) is 19.8. The monoisotopic (exact) mass is 355 g/mol. The molecule has 2 aromatic rings. The Kier molecular flexibility index (Phi) is 7.52. The molecule has 2 rings (SSSR count). The van der Waals surface area contributed by atoms with Crippen molar-refractivity contribution in [3.05, 3.63) is 59.7 Å². The second-order valence-corrected chi connectivity index (χ2v) is 6.81. The highest BCUT2D eigenvalue weighted by molar-refractivity contribution is 5.78. The summed E-state index contributed by atoms with van der Waals surface area (Å²) in [6.45, 7) is 6.41. The van der Waals surface area contributed by atoms with Crippen molar-refractivity contribution in [3.63, 3.8) is 0 Å². The van der Waals surface area contributed by atoms with Crippen molar-refractivity contribution in [1.82, 2.24) is 5.32 Å². The summed E-state index contributed by atoms with van der Waals surface area (Å²) in [7, 11) is 1.65. The normalized spacial score (nSPS) is 11.9. The van der Waals surface area contributed by atoms with E-state index in [1.54, 1.807) is 7.11 Å². The van der Waals surface area contributed by atoms with Gasteiger partial charge in [0.25, 0.3) is 5.91 Å². The molecule has 0 spiro atoms. The van der Waals surface area contributed by atoms with Crippen LogP contribution in [0.15, 0.2) is 48.5 Å².